The van der Waals surface area contributed by atoms with Crippen LogP contribution in [-0.4, -0.2) is 13.1 Å². The predicted molar refractivity (Wildman–Crippen MR) is 112 cm³/mol. The molecule has 4 rings (SSSR count). The van der Waals surface area contributed by atoms with E-state index in [2.05, 4.69) is 38.7 Å². The van der Waals surface area contributed by atoms with Gasteiger partial charge in [0.25, 0.3) is 0 Å². The van der Waals surface area contributed by atoms with Crippen LogP contribution in [0.25, 0.3) is 0 Å². The zero-order valence-corrected chi connectivity index (χ0v) is 17.5. The standard InChI is InChI=1S/C25H41N/c1-5-6-7-19-15-25(4)20(14-18(19)3)12-13-26-16-23-22-9-8-17(2)21(22)10-11-24(23)25/h7,17,20-24,26H,3,5-6,8-16H2,1-2,4H3/b19-7-. The number of unbranched alkanes of at least 4 members (excludes halogenated alkanes) is 1. The normalized spacial score (nSPS) is 47.7. The molecule has 4 fully saturated rings. The average molecular weight is 356 g/mol. The van der Waals surface area contributed by atoms with Crippen LogP contribution in [0, 0.1) is 40.9 Å². The third-order valence-corrected chi connectivity index (χ3v) is 9.14. The Morgan fingerprint density at radius 3 is 2.73 bits per heavy atom. The molecule has 1 N–H and O–H groups in total. The molecular weight excluding hydrogens is 314 g/mol. The summed E-state index contributed by atoms with van der Waals surface area (Å²) in [5.41, 5.74) is 3.59. The Labute approximate surface area is 162 Å². The van der Waals surface area contributed by atoms with E-state index in [1.54, 1.807) is 5.57 Å². The second kappa shape index (κ2) is 7.46. The van der Waals surface area contributed by atoms with Crippen molar-refractivity contribution < 1.29 is 0 Å². The molecule has 0 amide bonds. The molecule has 146 valence electrons. The van der Waals surface area contributed by atoms with Crippen LogP contribution in [0.15, 0.2) is 23.8 Å². The van der Waals surface area contributed by atoms with E-state index in [0.29, 0.717) is 5.41 Å². The quantitative estimate of drug-likeness (QED) is 0.607. The van der Waals surface area contributed by atoms with Crippen molar-refractivity contribution in [2.75, 3.05) is 13.1 Å². The first-order valence-electron chi connectivity index (χ1n) is 11.6. The maximum absolute atomic E-state index is 4.50. The van der Waals surface area contributed by atoms with Gasteiger partial charge in [0.2, 0.25) is 0 Å². The minimum Gasteiger partial charge on any atom is -0.316 e. The Balaban J connectivity index is 1.64. The minimum atomic E-state index is 0.504. The van der Waals surface area contributed by atoms with Crippen LogP contribution in [0.3, 0.4) is 0 Å². The van der Waals surface area contributed by atoms with Crippen molar-refractivity contribution in [3.05, 3.63) is 23.8 Å². The molecule has 1 heteroatoms. The molecule has 0 spiro atoms. The number of fused-ring (bicyclic) bond motifs is 5. The Morgan fingerprint density at radius 2 is 1.92 bits per heavy atom. The highest BCUT2D eigenvalue weighted by Crippen LogP contribution is 2.61. The van der Waals surface area contributed by atoms with Crippen LogP contribution in [0.4, 0.5) is 0 Å². The molecule has 1 heterocycles. The van der Waals surface area contributed by atoms with E-state index in [9.17, 15) is 0 Å². The van der Waals surface area contributed by atoms with Crippen molar-refractivity contribution in [1.82, 2.24) is 5.32 Å². The summed E-state index contributed by atoms with van der Waals surface area (Å²) < 4.78 is 0. The lowest BCUT2D eigenvalue weighted by atomic mass is 9.50. The molecule has 3 saturated carbocycles. The molecule has 0 radical (unpaired) electrons. The van der Waals surface area contributed by atoms with Crippen molar-refractivity contribution in [3.63, 3.8) is 0 Å². The topological polar surface area (TPSA) is 12.0 Å². The van der Waals surface area contributed by atoms with Gasteiger partial charge in [-0.25, -0.2) is 0 Å². The van der Waals surface area contributed by atoms with E-state index in [1.165, 1.54) is 76.5 Å². The van der Waals surface area contributed by atoms with E-state index in [0.717, 1.165) is 35.5 Å². The van der Waals surface area contributed by atoms with Crippen LogP contribution >= 0.6 is 0 Å². The van der Waals surface area contributed by atoms with Crippen molar-refractivity contribution >= 4 is 0 Å². The van der Waals surface area contributed by atoms with Gasteiger partial charge in [0.15, 0.2) is 0 Å². The number of hydrogen-bond acceptors (Lipinski definition) is 1. The first-order chi connectivity index (χ1) is 12.5. The third-order valence-electron chi connectivity index (χ3n) is 9.14. The highest BCUT2D eigenvalue weighted by atomic mass is 14.9. The smallest absolute Gasteiger partial charge is 0.00149 e. The highest BCUT2D eigenvalue weighted by molar-refractivity contribution is 5.34. The number of nitrogens with one attached hydrogen (secondary N) is 1. The molecule has 0 bridgehead atoms. The second-order valence-corrected chi connectivity index (χ2v) is 10.4. The van der Waals surface area contributed by atoms with Crippen molar-refractivity contribution in [3.8, 4) is 0 Å². The minimum absolute atomic E-state index is 0.504. The molecule has 1 aliphatic heterocycles. The molecule has 1 nitrogen and oxygen atoms in total. The SMILES string of the molecule is C=C1CC2CCNCC3C4CCC(C)C4CCC3C2(C)C/C1=C/CCC. The van der Waals surface area contributed by atoms with Gasteiger partial charge in [-0.2, -0.15) is 0 Å². The summed E-state index contributed by atoms with van der Waals surface area (Å²) >= 11 is 0. The monoisotopic (exact) mass is 355 g/mol. The fourth-order valence-corrected chi connectivity index (χ4v) is 7.62. The number of hydrogen-bond donors (Lipinski definition) is 1. The summed E-state index contributed by atoms with van der Waals surface area (Å²) in [5.74, 6) is 5.68. The van der Waals surface area contributed by atoms with Gasteiger partial charge in [-0.3, -0.25) is 0 Å². The zero-order chi connectivity index (χ0) is 18.3. The number of rotatable bonds is 2. The Morgan fingerprint density at radius 1 is 1.12 bits per heavy atom. The van der Waals surface area contributed by atoms with Crippen LogP contribution < -0.4 is 5.32 Å². The molecule has 4 aliphatic rings. The van der Waals surface area contributed by atoms with Gasteiger partial charge in [0.05, 0.1) is 0 Å². The van der Waals surface area contributed by atoms with E-state index in [1.807, 2.05) is 0 Å². The van der Waals surface area contributed by atoms with Crippen LogP contribution in [0.1, 0.15) is 78.6 Å². The van der Waals surface area contributed by atoms with Crippen LogP contribution in [-0.2, 0) is 0 Å². The van der Waals surface area contributed by atoms with Gasteiger partial charge in [-0.15, -0.1) is 0 Å². The molecule has 3 aliphatic carbocycles. The third kappa shape index (κ3) is 3.13. The average Bonchev–Trinajstić information content (AvgIpc) is 3.00. The summed E-state index contributed by atoms with van der Waals surface area (Å²) in [5, 5.41) is 3.88. The molecule has 26 heavy (non-hydrogen) atoms. The molecular formula is C25H41N. The van der Waals surface area contributed by atoms with Crippen molar-refractivity contribution in [2.45, 2.75) is 78.6 Å². The molecule has 7 unspecified atom stereocenters. The lowest BCUT2D eigenvalue weighted by Crippen LogP contribution is -2.52. The largest absolute Gasteiger partial charge is 0.316 e. The van der Waals surface area contributed by atoms with E-state index < -0.39 is 0 Å². The molecule has 0 aromatic rings. The van der Waals surface area contributed by atoms with E-state index in [4.69, 9.17) is 0 Å². The molecule has 0 aromatic heterocycles. The lowest BCUT2D eigenvalue weighted by molar-refractivity contribution is -0.0394. The number of allylic oxidation sites excluding steroid dienone is 3. The molecule has 0 aromatic carbocycles. The maximum atomic E-state index is 4.50. The van der Waals surface area contributed by atoms with Gasteiger partial charge < -0.3 is 5.32 Å². The van der Waals surface area contributed by atoms with Gasteiger partial charge in [0.1, 0.15) is 0 Å². The fraction of sp³-hybridized carbons (Fsp3) is 0.840. The zero-order valence-electron chi connectivity index (χ0n) is 17.5. The van der Waals surface area contributed by atoms with Gasteiger partial charge in [-0.1, -0.05) is 51.8 Å². The van der Waals surface area contributed by atoms with Crippen molar-refractivity contribution in [1.29, 1.82) is 0 Å². The van der Waals surface area contributed by atoms with Crippen LogP contribution in [0.2, 0.25) is 0 Å². The Hall–Kier alpha value is -0.560. The molecule has 7 atom stereocenters. The van der Waals surface area contributed by atoms with Gasteiger partial charge in [-0.05, 0) is 105 Å². The first kappa shape index (κ1) is 18.8. The Kier molecular flexibility index (Phi) is 5.39. The van der Waals surface area contributed by atoms with E-state index in [-0.39, 0.29) is 0 Å². The Bertz CT molecular complexity index is 561. The summed E-state index contributed by atoms with van der Waals surface area (Å²) in [7, 11) is 0. The predicted octanol–water partition coefficient (Wildman–Crippen LogP) is 6.37. The highest BCUT2D eigenvalue weighted by Gasteiger charge is 2.53. The summed E-state index contributed by atoms with van der Waals surface area (Å²) in [4.78, 5) is 0. The second-order valence-electron chi connectivity index (χ2n) is 10.4. The molecule has 1 saturated heterocycles. The maximum Gasteiger partial charge on any atom is -0.00149 e. The van der Waals surface area contributed by atoms with Crippen molar-refractivity contribution in [2.24, 2.45) is 40.9 Å². The summed E-state index contributed by atoms with van der Waals surface area (Å²) in [6.07, 6.45) is 14.9. The van der Waals surface area contributed by atoms with Crippen LogP contribution in [0.5, 0.6) is 0 Å². The first-order valence-corrected chi connectivity index (χ1v) is 11.6. The summed E-state index contributed by atoms with van der Waals surface area (Å²) in [6, 6.07) is 0. The fourth-order valence-electron chi connectivity index (χ4n) is 7.62. The van der Waals surface area contributed by atoms with E-state index >= 15 is 0 Å². The van der Waals surface area contributed by atoms with Gasteiger partial charge >= 0.3 is 0 Å². The summed E-state index contributed by atoms with van der Waals surface area (Å²) in [6.45, 7) is 14.5. The van der Waals surface area contributed by atoms with Gasteiger partial charge in [0, 0.05) is 0 Å². The lowest BCUT2D eigenvalue weighted by Gasteiger charge is -2.56.